The van der Waals surface area contributed by atoms with Gasteiger partial charge >= 0.3 is 0 Å². The number of nitrogens with one attached hydrogen (secondary N) is 2. The number of aromatic nitrogens is 2. The fraction of sp³-hybridized carbons (Fsp3) is 0.643. The van der Waals surface area contributed by atoms with Gasteiger partial charge in [0.2, 0.25) is 0 Å². The number of methoxy groups -OCH3 is 2. The predicted molar refractivity (Wildman–Crippen MR) is 80.6 cm³/mol. The maximum atomic E-state index is 12.0. The summed E-state index contributed by atoms with van der Waals surface area (Å²) in [5.41, 5.74) is 0.370. The minimum Gasteiger partial charge on any atom is -0.385 e. The number of rotatable bonds is 10. The van der Waals surface area contributed by atoms with Gasteiger partial charge in [0, 0.05) is 46.6 Å². The SMILES string of the molecule is COCCCNC(=O)c1cc(NCCCOC)nc(C)n1. The fourth-order valence-corrected chi connectivity index (χ4v) is 1.72. The summed E-state index contributed by atoms with van der Waals surface area (Å²) in [6.45, 7) is 4.37. The van der Waals surface area contributed by atoms with Crippen LogP contribution in [0.3, 0.4) is 0 Å². The quantitative estimate of drug-likeness (QED) is 0.627. The molecule has 118 valence electrons. The van der Waals surface area contributed by atoms with E-state index >= 15 is 0 Å². The molecule has 1 rings (SSSR count). The monoisotopic (exact) mass is 296 g/mol. The Bertz CT molecular complexity index is 440. The number of amides is 1. The lowest BCUT2D eigenvalue weighted by atomic mass is 10.3. The molecule has 7 nitrogen and oxygen atoms in total. The first-order chi connectivity index (χ1) is 10.2. The largest absolute Gasteiger partial charge is 0.385 e. The Morgan fingerprint density at radius 3 is 2.48 bits per heavy atom. The van der Waals surface area contributed by atoms with E-state index in [1.807, 2.05) is 0 Å². The lowest BCUT2D eigenvalue weighted by molar-refractivity contribution is 0.0943. The van der Waals surface area contributed by atoms with E-state index in [4.69, 9.17) is 9.47 Å². The topological polar surface area (TPSA) is 85.4 Å². The fourth-order valence-electron chi connectivity index (χ4n) is 1.72. The van der Waals surface area contributed by atoms with E-state index in [0.717, 1.165) is 19.4 Å². The van der Waals surface area contributed by atoms with E-state index in [1.54, 1.807) is 27.2 Å². The number of carbonyl (C=O) groups excluding carboxylic acids is 1. The van der Waals surface area contributed by atoms with Gasteiger partial charge < -0.3 is 20.1 Å². The Kier molecular flexibility index (Phi) is 8.30. The normalized spacial score (nSPS) is 10.4. The van der Waals surface area contributed by atoms with E-state index in [1.165, 1.54) is 0 Å². The standard InChI is InChI=1S/C14H24N4O3/c1-11-17-12(14(19)16-7-5-9-21-3)10-13(18-11)15-6-4-8-20-2/h10H,4-9H2,1-3H3,(H,16,19)(H,15,17,18). The van der Waals surface area contributed by atoms with E-state index in [0.29, 0.717) is 37.1 Å². The summed E-state index contributed by atoms with van der Waals surface area (Å²) >= 11 is 0. The molecule has 0 saturated heterocycles. The van der Waals surface area contributed by atoms with Crippen molar-refractivity contribution in [2.75, 3.05) is 45.8 Å². The number of carbonyl (C=O) groups is 1. The summed E-state index contributed by atoms with van der Waals surface area (Å²) in [6, 6.07) is 1.66. The Hall–Kier alpha value is -1.73. The molecule has 0 saturated carbocycles. The molecular weight excluding hydrogens is 272 g/mol. The van der Waals surface area contributed by atoms with Crippen molar-refractivity contribution >= 4 is 11.7 Å². The first-order valence-electron chi connectivity index (χ1n) is 7.03. The average molecular weight is 296 g/mol. The van der Waals surface area contributed by atoms with Gasteiger partial charge in [-0.1, -0.05) is 0 Å². The molecule has 21 heavy (non-hydrogen) atoms. The molecule has 0 aliphatic heterocycles. The van der Waals surface area contributed by atoms with Crippen LogP contribution in [0.15, 0.2) is 6.07 Å². The van der Waals surface area contributed by atoms with Crippen LogP contribution in [0.25, 0.3) is 0 Å². The number of anilines is 1. The van der Waals surface area contributed by atoms with Crippen LogP contribution in [-0.2, 0) is 9.47 Å². The highest BCUT2D eigenvalue weighted by Gasteiger charge is 2.09. The molecule has 0 radical (unpaired) electrons. The van der Waals surface area contributed by atoms with Gasteiger partial charge in [0.05, 0.1) is 0 Å². The molecule has 0 fully saturated rings. The maximum Gasteiger partial charge on any atom is 0.270 e. The first-order valence-corrected chi connectivity index (χ1v) is 7.03. The van der Waals surface area contributed by atoms with Crippen LogP contribution in [0.4, 0.5) is 5.82 Å². The number of aryl methyl sites for hydroxylation is 1. The molecule has 0 atom stereocenters. The summed E-state index contributed by atoms with van der Waals surface area (Å²) in [7, 11) is 3.30. The number of hydrogen-bond donors (Lipinski definition) is 2. The van der Waals surface area contributed by atoms with Crippen molar-refractivity contribution in [2.24, 2.45) is 0 Å². The van der Waals surface area contributed by atoms with Gasteiger partial charge in [0.25, 0.3) is 5.91 Å². The molecule has 0 aliphatic rings. The molecule has 0 aromatic carbocycles. The van der Waals surface area contributed by atoms with E-state index in [2.05, 4.69) is 20.6 Å². The van der Waals surface area contributed by atoms with Crippen LogP contribution in [0.5, 0.6) is 0 Å². The van der Waals surface area contributed by atoms with Gasteiger partial charge in [0.1, 0.15) is 17.3 Å². The van der Waals surface area contributed by atoms with Crippen LogP contribution in [-0.4, -0.2) is 56.4 Å². The zero-order valence-corrected chi connectivity index (χ0v) is 12.9. The highest BCUT2D eigenvalue weighted by atomic mass is 16.5. The molecular formula is C14H24N4O3. The second kappa shape index (κ2) is 10.1. The van der Waals surface area contributed by atoms with Crippen molar-refractivity contribution in [1.29, 1.82) is 0 Å². The van der Waals surface area contributed by atoms with Crippen molar-refractivity contribution in [2.45, 2.75) is 19.8 Å². The van der Waals surface area contributed by atoms with Gasteiger partial charge in [-0.15, -0.1) is 0 Å². The highest BCUT2D eigenvalue weighted by Crippen LogP contribution is 2.07. The summed E-state index contributed by atoms with van der Waals surface area (Å²) in [5, 5.41) is 5.97. The van der Waals surface area contributed by atoms with Gasteiger partial charge in [-0.05, 0) is 19.8 Å². The molecule has 1 aromatic rings. The lowest BCUT2D eigenvalue weighted by Gasteiger charge is -2.09. The number of hydrogen-bond acceptors (Lipinski definition) is 6. The number of nitrogens with zero attached hydrogens (tertiary/aromatic N) is 2. The maximum absolute atomic E-state index is 12.0. The van der Waals surface area contributed by atoms with Gasteiger partial charge in [0.15, 0.2) is 0 Å². The Balaban J connectivity index is 2.53. The van der Waals surface area contributed by atoms with Gasteiger partial charge in [-0.25, -0.2) is 9.97 Å². The number of ether oxygens (including phenoxy) is 2. The average Bonchev–Trinajstić information content (AvgIpc) is 2.47. The minimum atomic E-state index is -0.198. The third kappa shape index (κ3) is 7.01. The zero-order chi connectivity index (χ0) is 15.5. The molecule has 1 amide bonds. The van der Waals surface area contributed by atoms with Crippen molar-refractivity contribution in [3.8, 4) is 0 Å². The van der Waals surface area contributed by atoms with Crippen LogP contribution in [0.1, 0.15) is 29.2 Å². The molecule has 1 aromatic heterocycles. The lowest BCUT2D eigenvalue weighted by Crippen LogP contribution is -2.26. The van der Waals surface area contributed by atoms with Gasteiger partial charge in [-0.3, -0.25) is 4.79 Å². The third-order valence-corrected chi connectivity index (χ3v) is 2.71. The van der Waals surface area contributed by atoms with Crippen LogP contribution in [0.2, 0.25) is 0 Å². The first kappa shape index (κ1) is 17.3. The minimum absolute atomic E-state index is 0.198. The summed E-state index contributed by atoms with van der Waals surface area (Å²) < 4.78 is 9.92. The second-order valence-electron chi connectivity index (χ2n) is 4.56. The molecule has 0 unspecified atom stereocenters. The van der Waals surface area contributed by atoms with E-state index in [9.17, 15) is 4.79 Å². The Morgan fingerprint density at radius 1 is 1.14 bits per heavy atom. The summed E-state index contributed by atoms with van der Waals surface area (Å²) in [4.78, 5) is 20.4. The van der Waals surface area contributed by atoms with Gasteiger partial charge in [-0.2, -0.15) is 0 Å². The molecule has 2 N–H and O–H groups in total. The van der Waals surface area contributed by atoms with Crippen LogP contribution < -0.4 is 10.6 Å². The molecule has 0 aliphatic carbocycles. The third-order valence-electron chi connectivity index (χ3n) is 2.71. The molecule has 7 heteroatoms. The van der Waals surface area contributed by atoms with Crippen molar-refractivity contribution < 1.29 is 14.3 Å². The Labute approximate surface area is 125 Å². The van der Waals surface area contributed by atoms with E-state index < -0.39 is 0 Å². The van der Waals surface area contributed by atoms with Crippen LogP contribution in [0, 0.1) is 6.92 Å². The summed E-state index contributed by atoms with van der Waals surface area (Å²) in [6.07, 6.45) is 1.65. The second-order valence-corrected chi connectivity index (χ2v) is 4.56. The highest BCUT2D eigenvalue weighted by molar-refractivity contribution is 5.92. The summed E-state index contributed by atoms with van der Waals surface area (Å²) in [5.74, 6) is 1.02. The van der Waals surface area contributed by atoms with Crippen LogP contribution >= 0.6 is 0 Å². The smallest absolute Gasteiger partial charge is 0.270 e. The van der Waals surface area contributed by atoms with Crippen molar-refractivity contribution in [3.63, 3.8) is 0 Å². The Morgan fingerprint density at radius 2 is 1.81 bits per heavy atom. The molecule has 0 spiro atoms. The zero-order valence-electron chi connectivity index (χ0n) is 12.9. The molecule has 1 heterocycles. The van der Waals surface area contributed by atoms with Crippen molar-refractivity contribution in [3.05, 3.63) is 17.6 Å². The predicted octanol–water partition coefficient (Wildman–Crippen LogP) is 1.000. The van der Waals surface area contributed by atoms with Crippen molar-refractivity contribution in [1.82, 2.24) is 15.3 Å². The molecule has 0 bridgehead atoms. The van der Waals surface area contributed by atoms with E-state index in [-0.39, 0.29) is 5.91 Å².